The predicted molar refractivity (Wildman–Crippen MR) is 63.3 cm³/mol. The van der Waals surface area contributed by atoms with Crippen LogP contribution in [0.5, 0.6) is 0 Å². The molecule has 0 aliphatic heterocycles. The first-order chi connectivity index (χ1) is 7.01. The Morgan fingerprint density at radius 1 is 1.33 bits per heavy atom. The SMILES string of the molecule is C=CC#N.C=CC=C.CC=C(C)C(=O)O. The molecule has 0 aromatic carbocycles. The highest BCUT2D eigenvalue weighted by Gasteiger charge is 1.93. The fourth-order valence-electron chi connectivity index (χ4n) is 0.123. The molecule has 0 spiro atoms. The summed E-state index contributed by atoms with van der Waals surface area (Å²) in [5.74, 6) is -0.845. The van der Waals surface area contributed by atoms with Crippen LogP contribution < -0.4 is 0 Å². The van der Waals surface area contributed by atoms with Gasteiger partial charge in [-0.25, -0.2) is 4.79 Å². The third kappa shape index (κ3) is 33.5. The maximum absolute atomic E-state index is 9.86. The van der Waals surface area contributed by atoms with Crippen LogP contribution in [0.15, 0.2) is 49.6 Å². The second-order valence-electron chi connectivity index (χ2n) is 2.08. The average Bonchev–Trinajstić information content (AvgIpc) is 2.28. The van der Waals surface area contributed by atoms with E-state index < -0.39 is 5.97 Å². The number of carbonyl (C=O) groups is 1. The number of allylic oxidation sites excluding steroid dienone is 4. The van der Waals surface area contributed by atoms with E-state index in [4.69, 9.17) is 10.4 Å². The van der Waals surface area contributed by atoms with Crippen molar-refractivity contribution in [2.45, 2.75) is 13.8 Å². The van der Waals surface area contributed by atoms with E-state index in [9.17, 15) is 4.79 Å². The van der Waals surface area contributed by atoms with Crippen LogP contribution in [0.1, 0.15) is 13.8 Å². The second-order valence-corrected chi connectivity index (χ2v) is 2.08. The molecule has 0 atom stereocenters. The van der Waals surface area contributed by atoms with Crippen molar-refractivity contribution in [1.29, 1.82) is 5.26 Å². The first-order valence-electron chi connectivity index (χ1n) is 4.11. The van der Waals surface area contributed by atoms with Crippen LogP contribution in [0.25, 0.3) is 0 Å². The van der Waals surface area contributed by atoms with Gasteiger partial charge in [-0.05, 0) is 13.8 Å². The topological polar surface area (TPSA) is 61.1 Å². The number of rotatable bonds is 2. The van der Waals surface area contributed by atoms with E-state index in [1.54, 1.807) is 38.1 Å². The van der Waals surface area contributed by atoms with E-state index in [0.29, 0.717) is 5.57 Å². The van der Waals surface area contributed by atoms with Crippen LogP contribution in [-0.4, -0.2) is 11.1 Å². The molecule has 0 unspecified atom stereocenters. The quantitative estimate of drug-likeness (QED) is 0.430. The zero-order valence-electron chi connectivity index (χ0n) is 9.23. The number of hydrogen-bond donors (Lipinski definition) is 1. The van der Waals surface area contributed by atoms with Gasteiger partial charge < -0.3 is 5.11 Å². The number of carboxylic acids is 1. The van der Waals surface area contributed by atoms with Crippen LogP contribution in [0.4, 0.5) is 0 Å². The maximum Gasteiger partial charge on any atom is 0.330 e. The number of aliphatic carboxylic acids is 1. The van der Waals surface area contributed by atoms with Gasteiger partial charge in [0.05, 0.1) is 6.07 Å². The molecule has 15 heavy (non-hydrogen) atoms. The van der Waals surface area contributed by atoms with Gasteiger partial charge in [0.1, 0.15) is 0 Å². The molecule has 0 aliphatic rings. The van der Waals surface area contributed by atoms with Crippen molar-refractivity contribution in [3.05, 3.63) is 49.6 Å². The van der Waals surface area contributed by atoms with Gasteiger partial charge in [-0.15, -0.1) is 0 Å². The summed E-state index contributed by atoms with van der Waals surface area (Å²) in [4.78, 5) is 9.86. The molecule has 3 heteroatoms. The molecule has 0 fully saturated rings. The minimum Gasteiger partial charge on any atom is -0.478 e. The Morgan fingerprint density at radius 2 is 1.67 bits per heavy atom. The van der Waals surface area contributed by atoms with Gasteiger partial charge in [0.15, 0.2) is 0 Å². The molecule has 0 aliphatic carbocycles. The van der Waals surface area contributed by atoms with Gasteiger partial charge >= 0.3 is 5.97 Å². The van der Waals surface area contributed by atoms with E-state index in [1.807, 2.05) is 0 Å². The Balaban J connectivity index is -0.000000155. The summed E-state index contributed by atoms with van der Waals surface area (Å²) in [5.41, 5.74) is 0.389. The summed E-state index contributed by atoms with van der Waals surface area (Å²) in [6.45, 7) is 13.1. The lowest BCUT2D eigenvalue weighted by atomic mass is 10.3. The molecule has 0 aromatic heterocycles. The molecular weight excluding hydrogens is 190 g/mol. The standard InChI is InChI=1S/C5H8O2.C4H6.C3H3N/c1-3-4(2)5(6)7;1-3-4-2;1-2-3-4/h3H,1-2H3,(H,6,7);3-4H,1-2H2;2H,1H2. The van der Waals surface area contributed by atoms with E-state index in [0.717, 1.165) is 0 Å². The Morgan fingerprint density at radius 3 is 1.67 bits per heavy atom. The molecule has 0 amide bonds. The lowest BCUT2D eigenvalue weighted by Gasteiger charge is -1.84. The molecule has 82 valence electrons. The zero-order chi connectivity index (χ0) is 12.7. The highest BCUT2D eigenvalue weighted by molar-refractivity contribution is 5.85. The van der Waals surface area contributed by atoms with Gasteiger partial charge in [0.25, 0.3) is 0 Å². The van der Waals surface area contributed by atoms with Gasteiger partial charge in [0, 0.05) is 11.6 Å². The molecule has 0 saturated carbocycles. The smallest absolute Gasteiger partial charge is 0.330 e. The van der Waals surface area contributed by atoms with Crippen molar-refractivity contribution in [2.24, 2.45) is 0 Å². The number of carboxylic acid groups (broad SMARTS) is 1. The second kappa shape index (κ2) is 17.9. The molecule has 0 saturated heterocycles. The molecule has 0 radical (unpaired) electrons. The van der Waals surface area contributed by atoms with Gasteiger partial charge in [-0.1, -0.05) is 38.0 Å². The van der Waals surface area contributed by atoms with Gasteiger partial charge in [-0.2, -0.15) is 5.26 Å². The van der Waals surface area contributed by atoms with Crippen LogP contribution >= 0.6 is 0 Å². The first-order valence-corrected chi connectivity index (χ1v) is 4.11. The number of nitriles is 1. The third-order valence-electron chi connectivity index (χ3n) is 1.03. The zero-order valence-corrected chi connectivity index (χ0v) is 9.23. The number of hydrogen-bond acceptors (Lipinski definition) is 2. The Bertz CT molecular complexity index is 264. The summed E-state index contributed by atoms with van der Waals surface area (Å²) in [7, 11) is 0. The molecule has 3 nitrogen and oxygen atoms in total. The summed E-state index contributed by atoms with van der Waals surface area (Å²) >= 11 is 0. The van der Waals surface area contributed by atoms with Crippen molar-refractivity contribution in [2.75, 3.05) is 0 Å². The van der Waals surface area contributed by atoms with Crippen LogP contribution in [0.2, 0.25) is 0 Å². The van der Waals surface area contributed by atoms with Crippen LogP contribution in [0, 0.1) is 11.3 Å². The van der Waals surface area contributed by atoms with Crippen molar-refractivity contribution in [3.63, 3.8) is 0 Å². The van der Waals surface area contributed by atoms with Crippen molar-refractivity contribution in [3.8, 4) is 6.07 Å². The maximum atomic E-state index is 9.86. The normalized spacial score (nSPS) is 7.67. The third-order valence-corrected chi connectivity index (χ3v) is 1.03. The van der Waals surface area contributed by atoms with Crippen LogP contribution in [0.3, 0.4) is 0 Å². The molecule has 1 N–H and O–H groups in total. The number of nitrogens with zero attached hydrogens (tertiary/aromatic N) is 1. The fraction of sp³-hybridized carbons (Fsp3) is 0.167. The summed E-state index contributed by atoms with van der Waals surface area (Å²) in [6, 6.07) is 1.69. The van der Waals surface area contributed by atoms with Crippen molar-refractivity contribution < 1.29 is 9.90 Å². The minimum absolute atomic E-state index is 0.389. The molecular formula is C12H17NO2. The largest absolute Gasteiger partial charge is 0.478 e. The van der Waals surface area contributed by atoms with Gasteiger partial charge in [0.2, 0.25) is 0 Å². The summed E-state index contributed by atoms with van der Waals surface area (Å²) in [5, 5.41) is 15.6. The van der Waals surface area contributed by atoms with Crippen molar-refractivity contribution in [1.82, 2.24) is 0 Å². The summed E-state index contributed by atoms with van der Waals surface area (Å²) < 4.78 is 0. The van der Waals surface area contributed by atoms with Crippen molar-refractivity contribution >= 4 is 5.97 Å². The van der Waals surface area contributed by atoms with E-state index in [1.165, 1.54) is 6.08 Å². The monoisotopic (exact) mass is 207 g/mol. The van der Waals surface area contributed by atoms with Crippen LogP contribution in [-0.2, 0) is 4.79 Å². The highest BCUT2D eigenvalue weighted by atomic mass is 16.4. The Kier molecular flexibility index (Phi) is 22.2. The summed E-state index contributed by atoms with van der Waals surface area (Å²) in [6.07, 6.45) is 6.02. The lowest BCUT2D eigenvalue weighted by Crippen LogP contribution is -1.93. The Labute approximate surface area is 91.4 Å². The molecule has 0 rings (SSSR count). The fourth-order valence-corrected chi connectivity index (χ4v) is 0.123. The molecule has 0 bridgehead atoms. The Hall–Kier alpha value is -2.08. The lowest BCUT2D eigenvalue weighted by molar-refractivity contribution is -0.132. The predicted octanol–water partition coefficient (Wildman–Crippen LogP) is 3.09. The van der Waals surface area contributed by atoms with E-state index in [-0.39, 0.29) is 0 Å². The van der Waals surface area contributed by atoms with E-state index >= 15 is 0 Å². The van der Waals surface area contributed by atoms with Gasteiger partial charge in [-0.3, -0.25) is 0 Å². The molecule has 0 aromatic rings. The van der Waals surface area contributed by atoms with E-state index in [2.05, 4.69) is 19.7 Å². The highest BCUT2D eigenvalue weighted by Crippen LogP contribution is 1.87. The average molecular weight is 207 g/mol. The first kappa shape index (κ1) is 18.7. The minimum atomic E-state index is -0.845. The molecule has 0 heterocycles.